The van der Waals surface area contributed by atoms with Crippen molar-refractivity contribution in [1.29, 1.82) is 0 Å². The van der Waals surface area contributed by atoms with Crippen LogP contribution in [-0.2, 0) is 4.79 Å². The van der Waals surface area contributed by atoms with Crippen LogP contribution in [0.3, 0.4) is 0 Å². The first-order valence-corrected chi connectivity index (χ1v) is 5.91. The minimum absolute atomic E-state index is 0.292. The fourth-order valence-corrected chi connectivity index (χ4v) is 1.90. The van der Waals surface area contributed by atoms with Crippen molar-refractivity contribution >= 4 is 28.5 Å². The Labute approximate surface area is 105 Å². The van der Waals surface area contributed by atoms with Gasteiger partial charge in [0, 0.05) is 30.4 Å². The molecule has 2 heterocycles. The van der Waals surface area contributed by atoms with E-state index in [9.17, 15) is 4.79 Å². The van der Waals surface area contributed by atoms with Gasteiger partial charge in [0.15, 0.2) is 0 Å². The van der Waals surface area contributed by atoms with Crippen LogP contribution in [0, 0.1) is 0 Å². The fourth-order valence-electron chi connectivity index (χ4n) is 1.72. The van der Waals surface area contributed by atoms with Crippen molar-refractivity contribution in [2.75, 3.05) is 13.6 Å². The third-order valence-electron chi connectivity index (χ3n) is 2.72. The number of benzene rings is 1. The Bertz CT molecular complexity index is 521. The maximum absolute atomic E-state index is 10.5. The predicted octanol–water partition coefficient (Wildman–Crippen LogP) is 3.32. The second-order valence-corrected chi connectivity index (χ2v) is 4.46. The molecule has 4 heteroatoms. The quantitative estimate of drug-likeness (QED) is 0.720. The smallest absolute Gasteiger partial charge is 0.222 e. The molecular formula is C13H14ClNO2. The van der Waals surface area contributed by atoms with E-state index in [-0.39, 0.29) is 0 Å². The number of carbonyl (C=O) groups excluding carboxylic acids is 1. The molecule has 17 heavy (non-hydrogen) atoms. The molecule has 3 rings (SSSR count). The lowest BCUT2D eigenvalue weighted by Gasteiger charge is -2.03. The van der Waals surface area contributed by atoms with Gasteiger partial charge in [0.25, 0.3) is 0 Å². The average Bonchev–Trinajstić information content (AvgIpc) is 2.89. The van der Waals surface area contributed by atoms with Gasteiger partial charge in [-0.25, -0.2) is 0 Å². The van der Waals surface area contributed by atoms with Crippen LogP contribution in [0.4, 0.5) is 0 Å². The molecule has 0 N–H and O–H groups in total. The van der Waals surface area contributed by atoms with E-state index in [1.54, 1.807) is 11.2 Å². The maximum atomic E-state index is 10.5. The molecule has 0 spiro atoms. The molecule has 1 aliphatic rings. The molecule has 0 saturated carbocycles. The lowest BCUT2D eigenvalue weighted by atomic mass is 10.3. The van der Waals surface area contributed by atoms with Gasteiger partial charge in [-0.2, -0.15) is 0 Å². The van der Waals surface area contributed by atoms with E-state index in [2.05, 4.69) is 0 Å². The predicted molar refractivity (Wildman–Crippen MR) is 68.1 cm³/mol. The molecule has 1 fully saturated rings. The van der Waals surface area contributed by atoms with Gasteiger partial charge < -0.3 is 9.32 Å². The number of furan rings is 1. The summed E-state index contributed by atoms with van der Waals surface area (Å²) in [6.07, 6.45) is 3.47. The summed E-state index contributed by atoms with van der Waals surface area (Å²) in [4.78, 5) is 12.3. The highest BCUT2D eigenvalue weighted by Crippen LogP contribution is 2.19. The van der Waals surface area contributed by atoms with Crippen LogP contribution in [0.1, 0.15) is 12.8 Å². The SMILES string of the molecule is CN1CCCC1=O.Clc1ccc2occc2c1. The van der Waals surface area contributed by atoms with E-state index < -0.39 is 0 Å². The van der Waals surface area contributed by atoms with E-state index in [1.807, 2.05) is 31.3 Å². The molecule has 0 unspecified atom stereocenters. The second-order valence-electron chi connectivity index (χ2n) is 4.02. The van der Waals surface area contributed by atoms with Crippen molar-refractivity contribution in [2.45, 2.75) is 12.8 Å². The second kappa shape index (κ2) is 5.23. The summed E-state index contributed by atoms with van der Waals surface area (Å²) in [5.41, 5.74) is 0.879. The van der Waals surface area contributed by atoms with E-state index in [0.29, 0.717) is 5.91 Å². The van der Waals surface area contributed by atoms with E-state index in [1.165, 1.54) is 0 Å². The van der Waals surface area contributed by atoms with Gasteiger partial charge in [-0.15, -0.1) is 0 Å². The standard InChI is InChI=1S/C8H5ClO.C5H9NO/c9-7-1-2-8-6(5-7)3-4-10-8;1-6-4-2-3-5(6)7/h1-5H;2-4H2,1H3. The van der Waals surface area contributed by atoms with E-state index in [4.69, 9.17) is 16.0 Å². The molecule has 90 valence electrons. The van der Waals surface area contributed by atoms with Gasteiger partial charge in [-0.1, -0.05) is 11.6 Å². The summed E-state index contributed by atoms with van der Waals surface area (Å²) in [5, 5.41) is 1.79. The zero-order chi connectivity index (χ0) is 12.3. The zero-order valence-electron chi connectivity index (χ0n) is 9.65. The van der Waals surface area contributed by atoms with Crippen LogP contribution in [0.2, 0.25) is 5.02 Å². The first-order valence-electron chi connectivity index (χ1n) is 5.53. The number of amides is 1. The Balaban J connectivity index is 0.000000136. The van der Waals surface area contributed by atoms with Crippen molar-refractivity contribution in [3.8, 4) is 0 Å². The average molecular weight is 252 g/mol. The molecule has 3 nitrogen and oxygen atoms in total. The normalized spacial score (nSPS) is 14.9. The molecule has 0 radical (unpaired) electrons. The van der Waals surface area contributed by atoms with Crippen LogP contribution < -0.4 is 0 Å². The highest BCUT2D eigenvalue weighted by atomic mass is 35.5. The third-order valence-corrected chi connectivity index (χ3v) is 2.96. The molecule has 2 aromatic rings. The third kappa shape index (κ3) is 3.01. The summed E-state index contributed by atoms with van der Waals surface area (Å²) in [6, 6.07) is 7.44. The Kier molecular flexibility index (Phi) is 3.69. The van der Waals surface area contributed by atoms with Gasteiger partial charge in [0.2, 0.25) is 5.91 Å². The Morgan fingerprint density at radius 3 is 2.76 bits per heavy atom. The van der Waals surface area contributed by atoms with Crippen LogP contribution in [-0.4, -0.2) is 24.4 Å². The van der Waals surface area contributed by atoms with Crippen molar-refractivity contribution in [3.05, 3.63) is 35.6 Å². The lowest BCUT2D eigenvalue weighted by molar-refractivity contribution is -0.126. The summed E-state index contributed by atoms with van der Waals surface area (Å²) < 4.78 is 5.11. The Morgan fingerprint density at radius 2 is 2.18 bits per heavy atom. The zero-order valence-corrected chi connectivity index (χ0v) is 10.4. The summed E-state index contributed by atoms with van der Waals surface area (Å²) in [6.45, 7) is 0.957. The van der Waals surface area contributed by atoms with Gasteiger partial charge >= 0.3 is 0 Å². The number of hydrogen-bond acceptors (Lipinski definition) is 2. The number of nitrogens with zero attached hydrogens (tertiary/aromatic N) is 1. The number of carbonyl (C=O) groups is 1. The van der Waals surface area contributed by atoms with E-state index in [0.717, 1.165) is 35.4 Å². The summed E-state index contributed by atoms with van der Waals surface area (Å²) in [7, 11) is 1.84. The number of fused-ring (bicyclic) bond motifs is 1. The molecule has 1 aromatic heterocycles. The van der Waals surface area contributed by atoms with E-state index >= 15 is 0 Å². The van der Waals surface area contributed by atoms with Crippen LogP contribution in [0.15, 0.2) is 34.9 Å². The first kappa shape index (κ1) is 12.0. The molecule has 1 aliphatic heterocycles. The van der Waals surface area contributed by atoms with Crippen molar-refractivity contribution < 1.29 is 9.21 Å². The number of rotatable bonds is 0. The summed E-state index contributed by atoms with van der Waals surface area (Å²) in [5.74, 6) is 0.292. The summed E-state index contributed by atoms with van der Waals surface area (Å²) >= 11 is 5.73. The van der Waals surface area contributed by atoms with Crippen molar-refractivity contribution in [3.63, 3.8) is 0 Å². The molecule has 0 bridgehead atoms. The first-order chi connectivity index (χ1) is 8.16. The maximum Gasteiger partial charge on any atom is 0.222 e. The van der Waals surface area contributed by atoms with Gasteiger partial charge in [0.05, 0.1) is 6.26 Å². The van der Waals surface area contributed by atoms with Gasteiger partial charge in [-0.05, 0) is 30.7 Å². The van der Waals surface area contributed by atoms with Crippen molar-refractivity contribution in [2.24, 2.45) is 0 Å². The van der Waals surface area contributed by atoms with Crippen LogP contribution in [0.25, 0.3) is 11.0 Å². The molecular weight excluding hydrogens is 238 g/mol. The largest absolute Gasteiger partial charge is 0.464 e. The monoisotopic (exact) mass is 251 g/mol. The Hall–Kier alpha value is -1.48. The highest BCUT2D eigenvalue weighted by molar-refractivity contribution is 6.31. The minimum atomic E-state index is 0.292. The molecule has 0 aliphatic carbocycles. The fraction of sp³-hybridized carbons (Fsp3) is 0.308. The molecule has 0 atom stereocenters. The number of likely N-dealkylation sites (tertiary alicyclic amines) is 1. The number of halogens is 1. The van der Waals surface area contributed by atoms with Crippen LogP contribution >= 0.6 is 11.6 Å². The van der Waals surface area contributed by atoms with Crippen LogP contribution in [0.5, 0.6) is 0 Å². The highest BCUT2D eigenvalue weighted by Gasteiger charge is 2.14. The van der Waals surface area contributed by atoms with Crippen molar-refractivity contribution in [1.82, 2.24) is 4.90 Å². The van der Waals surface area contributed by atoms with Gasteiger partial charge in [0.1, 0.15) is 5.58 Å². The molecule has 1 aromatic carbocycles. The van der Waals surface area contributed by atoms with Gasteiger partial charge in [-0.3, -0.25) is 4.79 Å². The molecule has 1 amide bonds. The number of hydrogen-bond donors (Lipinski definition) is 0. The lowest BCUT2D eigenvalue weighted by Crippen LogP contribution is -2.17. The topological polar surface area (TPSA) is 33.5 Å². The molecule has 1 saturated heterocycles. The Morgan fingerprint density at radius 1 is 1.35 bits per heavy atom. The minimum Gasteiger partial charge on any atom is -0.464 e.